The quantitative estimate of drug-likeness (QED) is 0.705. The lowest BCUT2D eigenvalue weighted by atomic mass is 10.3. The molecule has 2 N–H and O–H groups in total. The Balaban J connectivity index is 1.79. The molecule has 0 bridgehead atoms. The number of aromatic nitrogens is 3. The Bertz CT molecular complexity index is 844. The lowest BCUT2D eigenvalue weighted by Crippen LogP contribution is -2.03. The van der Waals surface area contributed by atoms with Crippen LogP contribution in [-0.4, -0.2) is 15.2 Å². The van der Waals surface area contributed by atoms with Gasteiger partial charge >= 0.3 is 0 Å². The molecule has 2 aromatic carbocycles. The lowest BCUT2D eigenvalue weighted by Gasteiger charge is -2.09. The Morgan fingerprint density at radius 1 is 0.957 bits per heavy atom. The monoisotopic (exact) mass is 377 g/mol. The summed E-state index contributed by atoms with van der Waals surface area (Å²) < 4.78 is 27.0. The fourth-order valence-corrected chi connectivity index (χ4v) is 2.20. The molecule has 0 saturated heterocycles. The molecule has 0 aliphatic rings. The van der Waals surface area contributed by atoms with Crippen LogP contribution in [0, 0.1) is 11.6 Å². The minimum atomic E-state index is -0.953. The average molecular weight is 378 g/mol. The van der Waals surface area contributed by atoms with E-state index in [-0.39, 0.29) is 5.95 Å². The Labute approximate surface area is 138 Å². The molecule has 116 valence electrons. The molecule has 0 saturated carbocycles. The Hall–Kier alpha value is -2.61. The summed E-state index contributed by atoms with van der Waals surface area (Å²) in [4.78, 5) is 4.22. The van der Waals surface area contributed by atoms with Gasteiger partial charge < -0.3 is 10.6 Å². The molecule has 0 fully saturated rings. The summed E-state index contributed by atoms with van der Waals surface area (Å²) in [6, 6.07) is 11.0. The van der Waals surface area contributed by atoms with Crippen molar-refractivity contribution in [2.75, 3.05) is 10.6 Å². The van der Waals surface area contributed by atoms with Crippen LogP contribution in [0.3, 0.4) is 0 Å². The molecule has 1 aromatic heterocycles. The van der Waals surface area contributed by atoms with Gasteiger partial charge in [0.25, 0.3) is 0 Å². The number of nitrogens with zero attached hydrogens (tertiary/aromatic N) is 3. The summed E-state index contributed by atoms with van der Waals surface area (Å²) in [7, 11) is 0. The lowest BCUT2D eigenvalue weighted by molar-refractivity contribution is 0.509. The maximum absolute atomic E-state index is 13.2. The number of hydrogen-bond acceptors (Lipinski definition) is 5. The van der Waals surface area contributed by atoms with Gasteiger partial charge in [0, 0.05) is 16.2 Å². The van der Waals surface area contributed by atoms with E-state index in [4.69, 9.17) is 0 Å². The van der Waals surface area contributed by atoms with E-state index in [1.165, 1.54) is 12.3 Å². The van der Waals surface area contributed by atoms with Crippen molar-refractivity contribution < 1.29 is 8.78 Å². The van der Waals surface area contributed by atoms with Crippen LogP contribution in [0.25, 0.3) is 0 Å². The molecule has 8 heteroatoms. The minimum Gasteiger partial charge on any atom is -0.338 e. The van der Waals surface area contributed by atoms with Gasteiger partial charge in [0.05, 0.1) is 11.9 Å². The van der Waals surface area contributed by atoms with E-state index in [1.807, 2.05) is 24.3 Å². The van der Waals surface area contributed by atoms with Gasteiger partial charge in [0.15, 0.2) is 17.5 Å². The van der Waals surface area contributed by atoms with Crippen LogP contribution in [0.2, 0.25) is 0 Å². The molecular formula is C15H10BrF2N5. The van der Waals surface area contributed by atoms with E-state index in [9.17, 15) is 8.78 Å². The summed E-state index contributed by atoms with van der Waals surface area (Å²) in [5, 5.41) is 13.5. The van der Waals surface area contributed by atoms with Crippen molar-refractivity contribution in [3.8, 4) is 0 Å². The zero-order valence-corrected chi connectivity index (χ0v) is 13.2. The van der Waals surface area contributed by atoms with Gasteiger partial charge in [-0.05, 0) is 40.2 Å². The molecule has 3 rings (SSSR count). The van der Waals surface area contributed by atoms with Gasteiger partial charge in [0.2, 0.25) is 5.95 Å². The summed E-state index contributed by atoms with van der Waals surface area (Å²) >= 11 is 3.42. The molecule has 0 aliphatic carbocycles. The maximum atomic E-state index is 13.2. The van der Waals surface area contributed by atoms with Crippen LogP contribution in [0.5, 0.6) is 0 Å². The highest BCUT2D eigenvalue weighted by molar-refractivity contribution is 9.10. The molecule has 23 heavy (non-hydrogen) atoms. The van der Waals surface area contributed by atoms with E-state index in [1.54, 1.807) is 0 Å². The second-order valence-corrected chi connectivity index (χ2v) is 5.38. The molecule has 0 radical (unpaired) electrons. The first kappa shape index (κ1) is 15.3. The van der Waals surface area contributed by atoms with E-state index in [0.29, 0.717) is 11.5 Å². The highest BCUT2D eigenvalue weighted by atomic mass is 79.9. The number of anilines is 4. The Morgan fingerprint density at radius 3 is 2.57 bits per heavy atom. The van der Waals surface area contributed by atoms with Crippen molar-refractivity contribution in [2.45, 2.75) is 0 Å². The number of halogens is 3. The van der Waals surface area contributed by atoms with Gasteiger partial charge in [-0.25, -0.2) is 8.78 Å². The van der Waals surface area contributed by atoms with Crippen molar-refractivity contribution in [1.82, 2.24) is 15.2 Å². The summed E-state index contributed by atoms with van der Waals surface area (Å²) in [5.74, 6) is -1.26. The third-order valence-corrected chi connectivity index (χ3v) is 3.56. The first-order valence-corrected chi connectivity index (χ1v) is 7.34. The zero-order valence-electron chi connectivity index (χ0n) is 11.6. The molecule has 5 nitrogen and oxygen atoms in total. The predicted molar refractivity (Wildman–Crippen MR) is 86.9 cm³/mol. The topological polar surface area (TPSA) is 62.7 Å². The first-order valence-electron chi connectivity index (χ1n) is 6.55. The fourth-order valence-electron chi connectivity index (χ4n) is 1.82. The SMILES string of the molecule is Fc1ccc(Nc2nncc(Nc3ccccc3Br)n2)cc1F. The standard InChI is InChI=1S/C15H10BrF2N5/c16-10-3-1-2-4-13(10)21-14-8-19-23-15(22-14)20-9-5-6-11(17)12(18)7-9/h1-8H,(H2,20,21,22,23). The molecule has 0 spiro atoms. The largest absolute Gasteiger partial charge is 0.338 e. The number of hydrogen-bond donors (Lipinski definition) is 2. The Morgan fingerprint density at radius 2 is 1.78 bits per heavy atom. The van der Waals surface area contributed by atoms with E-state index < -0.39 is 11.6 Å². The highest BCUT2D eigenvalue weighted by Gasteiger charge is 2.06. The second kappa shape index (κ2) is 6.66. The summed E-state index contributed by atoms with van der Waals surface area (Å²) in [6.07, 6.45) is 1.45. The number of nitrogens with one attached hydrogen (secondary N) is 2. The summed E-state index contributed by atoms with van der Waals surface area (Å²) in [5.41, 5.74) is 1.13. The summed E-state index contributed by atoms with van der Waals surface area (Å²) in [6.45, 7) is 0. The fraction of sp³-hybridized carbons (Fsp3) is 0. The molecule has 0 unspecified atom stereocenters. The van der Waals surface area contributed by atoms with Crippen molar-refractivity contribution >= 4 is 39.1 Å². The van der Waals surface area contributed by atoms with Crippen LogP contribution in [0.1, 0.15) is 0 Å². The van der Waals surface area contributed by atoms with Crippen molar-refractivity contribution in [3.05, 3.63) is 64.8 Å². The number of para-hydroxylation sites is 1. The van der Waals surface area contributed by atoms with Crippen LogP contribution >= 0.6 is 15.9 Å². The third-order valence-electron chi connectivity index (χ3n) is 2.87. The van der Waals surface area contributed by atoms with Crippen LogP contribution in [0.15, 0.2) is 53.1 Å². The number of rotatable bonds is 4. The van der Waals surface area contributed by atoms with Crippen molar-refractivity contribution in [3.63, 3.8) is 0 Å². The predicted octanol–water partition coefficient (Wildman–Crippen LogP) is 4.40. The molecule has 0 amide bonds. The molecular weight excluding hydrogens is 368 g/mol. The molecule has 3 aromatic rings. The molecule has 1 heterocycles. The van der Waals surface area contributed by atoms with E-state index in [2.05, 4.69) is 41.7 Å². The van der Waals surface area contributed by atoms with Crippen molar-refractivity contribution in [1.29, 1.82) is 0 Å². The highest BCUT2D eigenvalue weighted by Crippen LogP contribution is 2.24. The number of benzene rings is 2. The van der Waals surface area contributed by atoms with Crippen LogP contribution in [0.4, 0.5) is 31.9 Å². The van der Waals surface area contributed by atoms with Gasteiger partial charge in [0.1, 0.15) is 0 Å². The van der Waals surface area contributed by atoms with E-state index >= 15 is 0 Å². The maximum Gasteiger partial charge on any atom is 0.249 e. The smallest absolute Gasteiger partial charge is 0.249 e. The van der Waals surface area contributed by atoms with Gasteiger partial charge in [-0.3, -0.25) is 0 Å². The van der Waals surface area contributed by atoms with E-state index in [0.717, 1.165) is 22.3 Å². The zero-order chi connectivity index (χ0) is 16.2. The van der Waals surface area contributed by atoms with Gasteiger partial charge in [-0.2, -0.15) is 10.1 Å². The average Bonchev–Trinajstić information content (AvgIpc) is 2.54. The molecule has 0 atom stereocenters. The van der Waals surface area contributed by atoms with Gasteiger partial charge in [-0.15, -0.1) is 5.10 Å². The van der Waals surface area contributed by atoms with Crippen molar-refractivity contribution in [2.24, 2.45) is 0 Å². The van der Waals surface area contributed by atoms with Gasteiger partial charge in [-0.1, -0.05) is 12.1 Å². The minimum absolute atomic E-state index is 0.160. The van der Waals surface area contributed by atoms with Crippen LogP contribution in [-0.2, 0) is 0 Å². The second-order valence-electron chi connectivity index (χ2n) is 4.52. The van der Waals surface area contributed by atoms with Crippen LogP contribution < -0.4 is 10.6 Å². The Kier molecular flexibility index (Phi) is 4.42. The first-order chi connectivity index (χ1) is 11.1. The molecule has 0 aliphatic heterocycles. The normalized spacial score (nSPS) is 10.4. The third kappa shape index (κ3) is 3.78.